The molecule has 2 amide bonds. The maximum atomic E-state index is 13.0. The monoisotopic (exact) mass is 401 g/mol. The van der Waals surface area contributed by atoms with E-state index in [1.807, 2.05) is 13.8 Å². The van der Waals surface area contributed by atoms with Crippen LogP contribution in [0.15, 0.2) is 42.5 Å². The summed E-state index contributed by atoms with van der Waals surface area (Å²) in [5.74, 6) is -1.12. The average Bonchev–Trinajstić information content (AvgIpc) is 2.78. The van der Waals surface area contributed by atoms with E-state index in [9.17, 15) is 14.4 Å². The highest BCUT2D eigenvalue weighted by Crippen LogP contribution is 2.29. The second kappa shape index (κ2) is 8.02. The third kappa shape index (κ3) is 3.73. The highest BCUT2D eigenvalue weighted by atomic mass is 35.5. The van der Waals surface area contributed by atoms with Gasteiger partial charge in [0.15, 0.2) is 11.9 Å². The van der Waals surface area contributed by atoms with Gasteiger partial charge in [-0.25, -0.2) is 0 Å². The number of Topliss-reactive ketones (excluding diaryl/α,β-unsaturated/α-hetero) is 1. The van der Waals surface area contributed by atoms with Crippen molar-refractivity contribution >= 4 is 29.2 Å². The van der Waals surface area contributed by atoms with E-state index in [0.29, 0.717) is 16.5 Å². The van der Waals surface area contributed by atoms with Gasteiger partial charge >= 0.3 is 0 Å². The number of amides is 2. The van der Waals surface area contributed by atoms with Gasteiger partial charge in [-0.15, -0.1) is 0 Å². The molecule has 1 heterocycles. The molecular formula is C21H20ClNO5. The molecular weight excluding hydrogens is 382 g/mol. The van der Waals surface area contributed by atoms with Gasteiger partial charge in [0, 0.05) is 5.02 Å². The number of ketones is 1. The number of para-hydroxylation sites is 1. The molecule has 0 aromatic heterocycles. The van der Waals surface area contributed by atoms with Crippen molar-refractivity contribution in [3.8, 4) is 11.5 Å². The van der Waals surface area contributed by atoms with Crippen molar-refractivity contribution in [2.75, 3.05) is 13.7 Å². The molecule has 3 rings (SSSR count). The van der Waals surface area contributed by atoms with Crippen molar-refractivity contribution < 1.29 is 23.9 Å². The normalized spacial score (nSPS) is 16.5. The Hall–Kier alpha value is -2.86. The molecule has 0 aliphatic carbocycles. The highest BCUT2D eigenvalue weighted by Gasteiger charge is 2.39. The molecule has 0 N–H and O–H groups in total. The largest absolute Gasteiger partial charge is 0.496 e. The lowest BCUT2D eigenvalue weighted by Crippen LogP contribution is -2.47. The molecule has 2 aromatic rings. The maximum absolute atomic E-state index is 13.0. The number of ether oxygens (including phenoxy) is 2. The van der Waals surface area contributed by atoms with Crippen LogP contribution in [0, 0.1) is 5.92 Å². The number of rotatable bonds is 5. The lowest BCUT2D eigenvalue weighted by molar-refractivity contribution is -0.136. The molecule has 0 unspecified atom stereocenters. The Morgan fingerprint density at radius 3 is 2.61 bits per heavy atom. The van der Waals surface area contributed by atoms with Gasteiger partial charge in [0.25, 0.3) is 11.8 Å². The first-order chi connectivity index (χ1) is 13.3. The zero-order valence-corrected chi connectivity index (χ0v) is 16.5. The summed E-state index contributed by atoms with van der Waals surface area (Å²) in [7, 11) is 1.43. The quantitative estimate of drug-likeness (QED) is 0.565. The van der Waals surface area contributed by atoms with E-state index >= 15 is 0 Å². The molecule has 0 spiro atoms. The standard InChI is InChI=1S/C21H20ClNO5/c1-12(2)19-21(26)23(20(25)14-6-4-5-7-18(14)28-19)11-16(24)15-10-13(22)8-9-17(15)27-3/h4-10,12,19H,11H2,1-3H3/t19-/m1/s1. The number of imide groups is 1. The van der Waals surface area contributed by atoms with Crippen LogP contribution in [-0.2, 0) is 4.79 Å². The van der Waals surface area contributed by atoms with Crippen LogP contribution >= 0.6 is 11.6 Å². The molecule has 0 radical (unpaired) electrons. The minimum absolute atomic E-state index is 0.190. The summed E-state index contributed by atoms with van der Waals surface area (Å²) in [6, 6.07) is 11.2. The van der Waals surface area contributed by atoms with Crippen LogP contribution in [0.2, 0.25) is 5.02 Å². The summed E-state index contributed by atoms with van der Waals surface area (Å²) in [6.45, 7) is 3.21. The van der Waals surface area contributed by atoms with E-state index < -0.39 is 30.2 Å². The van der Waals surface area contributed by atoms with Gasteiger partial charge in [-0.1, -0.05) is 37.6 Å². The Labute approximate surface area is 168 Å². The zero-order valence-electron chi connectivity index (χ0n) is 15.8. The smallest absolute Gasteiger partial charge is 0.271 e. The first-order valence-corrected chi connectivity index (χ1v) is 9.19. The molecule has 0 saturated carbocycles. The van der Waals surface area contributed by atoms with Crippen molar-refractivity contribution in [2.24, 2.45) is 5.92 Å². The van der Waals surface area contributed by atoms with E-state index in [0.717, 1.165) is 4.90 Å². The van der Waals surface area contributed by atoms with Crippen LogP contribution in [-0.4, -0.2) is 42.3 Å². The van der Waals surface area contributed by atoms with Crippen LogP contribution in [0.4, 0.5) is 0 Å². The van der Waals surface area contributed by atoms with Gasteiger partial charge in [-0.05, 0) is 36.2 Å². The average molecular weight is 402 g/mol. The van der Waals surface area contributed by atoms with Gasteiger partial charge < -0.3 is 9.47 Å². The predicted octanol–water partition coefficient (Wildman–Crippen LogP) is 3.62. The Morgan fingerprint density at radius 2 is 1.93 bits per heavy atom. The minimum atomic E-state index is -0.873. The van der Waals surface area contributed by atoms with E-state index in [4.69, 9.17) is 21.1 Å². The number of hydrogen-bond donors (Lipinski definition) is 0. The van der Waals surface area contributed by atoms with Crippen molar-refractivity contribution in [3.63, 3.8) is 0 Å². The summed E-state index contributed by atoms with van der Waals surface area (Å²) in [5.41, 5.74) is 0.444. The first-order valence-electron chi connectivity index (χ1n) is 8.81. The van der Waals surface area contributed by atoms with Gasteiger partial charge in [0.1, 0.15) is 11.5 Å². The molecule has 2 aromatic carbocycles. The van der Waals surface area contributed by atoms with E-state index in [1.54, 1.807) is 36.4 Å². The lowest BCUT2D eigenvalue weighted by atomic mass is 10.0. The second-order valence-electron chi connectivity index (χ2n) is 6.78. The second-order valence-corrected chi connectivity index (χ2v) is 7.21. The van der Waals surface area contributed by atoms with Crippen LogP contribution in [0.3, 0.4) is 0 Å². The van der Waals surface area contributed by atoms with Crippen LogP contribution < -0.4 is 9.47 Å². The van der Waals surface area contributed by atoms with Crippen molar-refractivity contribution in [1.82, 2.24) is 4.90 Å². The number of nitrogens with zero attached hydrogens (tertiary/aromatic N) is 1. The third-order valence-electron chi connectivity index (χ3n) is 4.50. The topological polar surface area (TPSA) is 72.9 Å². The Balaban J connectivity index is 2.00. The van der Waals surface area contributed by atoms with Gasteiger partial charge in [-0.2, -0.15) is 0 Å². The SMILES string of the molecule is COc1ccc(Cl)cc1C(=O)CN1C(=O)c2ccccc2O[C@H](C(C)C)C1=O. The number of methoxy groups -OCH3 is 1. The molecule has 0 saturated heterocycles. The number of halogens is 1. The molecule has 28 heavy (non-hydrogen) atoms. The van der Waals surface area contributed by atoms with E-state index in [-0.39, 0.29) is 17.0 Å². The fourth-order valence-corrected chi connectivity index (χ4v) is 3.20. The Morgan fingerprint density at radius 1 is 1.21 bits per heavy atom. The number of hydrogen-bond acceptors (Lipinski definition) is 5. The van der Waals surface area contributed by atoms with E-state index in [1.165, 1.54) is 13.2 Å². The van der Waals surface area contributed by atoms with Crippen LogP contribution in [0.5, 0.6) is 11.5 Å². The molecule has 1 atom stereocenters. The molecule has 146 valence electrons. The fraction of sp³-hybridized carbons (Fsp3) is 0.286. The summed E-state index contributed by atoms with van der Waals surface area (Å²) >= 11 is 6.00. The molecule has 6 nitrogen and oxygen atoms in total. The van der Waals surface area contributed by atoms with Crippen molar-refractivity contribution in [1.29, 1.82) is 0 Å². The fourth-order valence-electron chi connectivity index (χ4n) is 3.03. The number of carbonyl (C=O) groups is 3. The van der Waals surface area contributed by atoms with E-state index in [2.05, 4.69) is 0 Å². The van der Waals surface area contributed by atoms with Gasteiger partial charge in [0.05, 0.1) is 24.8 Å². The van der Waals surface area contributed by atoms with Crippen molar-refractivity contribution in [3.05, 3.63) is 58.6 Å². The summed E-state index contributed by atoms with van der Waals surface area (Å²) in [5, 5.41) is 0.353. The molecule has 1 aliphatic heterocycles. The zero-order chi connectivity index (χ0) is 20.4. The summed E-state index contributed by atoms with van der Waals surface area (Å²) in [6.07, 6.45) is -0.873. The van der Waals surface area contributed by atoms with Crippen molar-refractivity contribution in [2.45, 2.75) is 20.0 Å². The first kappa shape index (κ1) is 19.9. The molecule has 1 aliphatic rings. The number of benzene rings is 2. The van der Waals surface area contributed by atoms with Crippen LogP contribution in [0.25, 0.3) is 0 Å². The number of fused-ring (bicyclic) bond motifs is 1. The number of carbonyl (C=O) groups excluding carboxylic acids is 3. The maximum Gasteiger partial charge on any atom is 0.271 e. The molecule has 0 fully saturated rings. The summed E-state index contributed by atoms with van der Waals surface area (Å²) in [4.78, 5) is 39.9. The summed E-state index contributed by atoms with van der Waals surface area (Å²) < 4.78 is 11.0. The Bertz CT molecular complexity index is 940. The van der Waals surface area contributed by atoms with Crippen LogP contribution in [0.1, 0.15) is 34.6 Å². The molecule has 0 bridgehead atoms. The minimum Gasteiger partial charge on any atom is -0.496 e. The predicted molar refractivity (Wildman–Crippen MR) is 104 cm³/mol. The Kier molecular flexibility index (Phi) is 5.70. The molecule has 7 heteroatoms. The van der Waals surface area contributed by atoms with Gasteiger partial charge in [0.2, 0.25) is 0 Å². The van der Waals surface area contributed by atoms with Gasteiger partial charge in [-0.3, -0.25) is 19.3 Å². The highest BCUT2D eigenvalue weighted by molar-refractivity contribution is 6.31. The third-order valence-corrected chi connectivity index (χ3v) is 4.73. The lowest BCUT2D eigenvalue weighted by Gasteiger charge is -2.24.